The van der Waals surface area contributed by atoms with E-state index in [9.17, 15) is 0 Å². The number of hydrogen-bond acceptors (Lipinski definition) is 2. The van der Waals surface area contributed by atoms with Gasteiger partial charge in [-0.1, -0.05) is 21.5 Å². The van der Waals surface area contributed by atoms with Crippen LogP contribution in [0, 0.1) is 0 Å². The van der Waals surface area contributed by atoms with E-state index in [-0.39, 0.29) is 0 Å². The Morgan fingerprint density at radius 1 is 1.82 bits per heavy atom. The normalized spacial score (nSPS) is 15.0. The predicted octanol–water partition coefficient (Wildman–Crippen LogP) is 3.33. The van der Waals surface area contributed by atoms with Crippen LogP contribution in [-0.4, -0.2) is 9.81 Å². The molecule has 60 valence electrons. The first kappa shape index (κ1) is 8.94. The second-order valence-electron chi connectivity index (χ2n) is 2.42. The number of halogens is 1. The van der Waals surface area contributed by atoms with Crippen molar-refractivity contribution in [3.63, 3.8) is 0 Å². The van der Waals surface area contributed by atoms with Crippen LogP contribution in [0.25, 0.3) is 6.08 Å². The Balaban J connectivity index is 2.74. The Morgan fingerprint density at radius 2 is 2.55 bits per heavy atom. The highest BCUT2D eigenvalue weighted by molar-refractivity contribution is 9.09. The van der Waals surface area contributed by atoms with Gasteiger partial charge < -0.3 is 0 Å². The maximum atomic E-state index is 4.16. The topological polar surface area (TPSA) is 12.9 Å². The molecule has 1 heterocycles. The summed E-state index contributed by atoms with van der Waals surface area (Å²) in [7, 11) is 0. The first-order chi connectivity index (χ1) is 5.20. The van der Waals surface area contributed by atoms with Gasteiger partial charge in [0.2, 0.25) is 0 Å². The first-order valence-corrected chi connectivity index (χ1v) is 5.26. The molecule has 1 nitrogen and oxygen atoms in total. The second-order valence-corrected chi connectivity index (χ2v) is 4.51. The molecule has 11 heavy (non-hydrogen) atoms. The lowest BCUT2D eigenvalue weighted by atomic mass is 10.2. The van der Waals surface area contributed by atoms with E-state index in [4.69, 9.17) is 0 Å². The lowest BCUT2D eigenvalue weighted by molar-refractivity contribution is 1.15. The number of thiazole rings is 1. The van der Waals surface area contributed by atoms with Crippen molar-refractivity contribution in [3.8, 4) is 0 Å². The molecule has 0 aromatic carbocycles. The summed E-state index contributed by atoms with van der Waals surface area (Å²) >= 11 is 5.12. The average Bonchev–Trinajstić information content (AvgIpc) is 2.39. The van der Waals surface area contributed by atoms with E-state index in [0.29, 0.717) is 4.83 Å². The van der Waals surface area contributed by atoms with Gasteiger partial charge in [-0.05, 0) is 19.9 Å². The van der Waals surface area contributed by atoms with Gasteiger partial charge in [0.15, 0.2) is 0 Å². The van der Waals surface area contributed by atoms with Gasteiger partial charge in [-0.25, -0.2) is 4.98 Å². The minimum Gasteiger partial charge on any atom is -0.245 e. The van der Waals surface area contributed by atoms with Crippen LogP contribution in [-0.2, 0) is 0 Å². The molecule has 0 N–H and O–H groups in total. The van der Waals surface area contributed by atoms with Gasteiger partial charge in [0.1, 0.15) is 0 Å². The smallest absolute Gasteiger partial charge is 0.0798 e. The molecule has 3 heteroatoms. The van der Waals surface area contributed by atoms with Crippen LogP contribution >= 0.6 is 27.3 Å². The lowest BCUT2D eigenvalue weighted by Gasteiger charge is -2.00. The first-order valence-electron chi connectivity index (χ1n) is 3.40. The Morgan fingerprint density at radius 3 is 3.00 bits per heavy atom. The highest BCUT2D eigenvalue weighted by Crippen LogP contribution is 2.14. The summed E-state index contributed by atoms with van der Waals surface area (Å²) < 4.78 is 0. The van der Waals surface area contributed by atoms with Crippen LogP contribution in [0.15, 0.2) is 16.5 Å². The lowest BCUT2D eigenvalue weighted by Crippen LogP contribution is -1.90. The zero-order chi connectivity index (χ0) is 8.27. The second kappa shape index (κ2) is 4.02. The summed E-state index contributed by atoms with van der Waals surface area (Å²) in [5.74, 6) is 0. The summed E-state index contributed by atoms with van der Waals surface area (Å²) in [5, 5.41) is 2.04. The largest absolute Gasteiger partial charge is 0.245 e. The van der Waals surface area contributed by atoms with Crippen molar-refractivity contribution in [1.29, 1.82) is 0 Å². The number of nitrogens with zero attached hydrogens (tertiary/aromatic N) is 1. The number of rotatable bonds is 2. The van der Waals surface area contributed by atoms with Gasteiger partial charge in [-0.2, -0.15) is 0 Å². The molecule has 1 aromatic heterocycles. The maximum absolute atomic E-state index is 4.16. The highest BCUT2D eigenvalue weighted by atomic mass is 79.9. The van der Waals surface area contributed by atoms with Crippen molar-refractivity contribution in [1.82, 2.24) is 4.98 Å². The molecule has 1 atom stereocenters. The predicted molar refractivity (Wildman–Crippen MR) is 54.2 cm³/mol. The van der Waals surface area contributed by atoms with Crippen LogP contribution in [0.1, 0.15) is 19.5 Å². The molecule has 0 fully saturated rings. The van der Waals surface area contributed by atoms with Crippen LogP contribution in [0.2, 0.25) is 0 Å². The van der Waals surface area contributed by atoms with E-state index in [2.05, 4.69) is 40.8 Å². The van der Waals surface area contributed by atoms with Gasteiger partial charge in [0, 0.05) is 10.2 Å². The van der Waals surface area contributed by atoms with Crippen LogP contribution in [0.5, 0.6) is 0 Å². The molecule has 0 aliphatic carbocycles. The molecular weight excluding hydrogens is 222 g/mol. The fourth-order valence-electron chi connectivity index (χ4n) is 0.641. The molecule has 1 aromatic rings. The van der Waals surface area contributed by atoms with Gasteiger partial charge in [0.25, 0.3) is 0 Å². The number of hydrogen-bond donors (Lipinski definition) is 0. The zero-order valence-electron chi connectivity index (χ0n) is 6.54. The molecule has 0 spiro atoms. The molecule has 0 amide bonds. The Hall–Kier alpha value is -0.150. The molecule has 0 aliphatic heterocycles. The highest BCUT2D eigenvalue weighted by Gasteiger charge is 1.98. The fraction of sp³-hybridized carbons (Fsp3) is 0.375. The summed E-state index contributed by atoms with van der Waals surface area (Å²) in [6.45, 7) is 4.21. The third-order valence-corrected chi connectivity index (χ3v) is 2.78. The van der Waals surface area contributed by atoms with Crippen molar-refractivity contribution in [2.75, 3.05) is 0 Å². The van der Waals surface area contributed by atoms with Crippen molar-refractivity contribution in [2.45, 2.75) is 18.7 Å². The maximum Gasteiger partial charge on any atom is 0.0798 e. The Kier molecular flexibility index (Phi) is 3.27. The molecular formula is C8H10BrNS. The summed E-state index contributed by atoms with van der Waals surface area (Å²) in [6.07, 6.45) is 2.09. The third kappa shape index (κ3) is 2.75. The molecule has 0 saturated heterocycles. The van der Waals surface area contributed by atoms with Crippen LogP contribution in [0.3, 0.4) is 0 Å². The van der Waals surface area contributed by atoms with Crippen LogP contribution in [0.4, 0.5) is 0 Å². The zero-order valence-corrected chi connectivity index (χ0v) is 8.95. The fourth-order valence-corrected chi connectivity index (χ4v) is 1.29. The molecule has 0 bridgehead atoms. The van der Waals surface area contributed by atoms with E-state index in [1.54, 1.807) is 11.3 Å². The molecule has 0 radical (unpaired) electrons. The molecule has 1 rings (SSSR count). The van der Waals surface area contributed by atoms with Crippen molar-refractivity contribution >= 4 is 33.3 Å². The minimum atomic E-state index is 0.434. The van der Waals surface area contributed by atoms with Gasteiger partial charge in [0.05, 0.1) is 11.2 Å². The van der Waals surface area contributed by atoms with Gasteiger partial charge in [-0.3, -0.25) is 0 Å². The van der Waals surface area contributed by atoms with E-state index in [1.165, 1.54) is 5.57 Å². The number of allylic oxidation sites excluding steroid dienone is 1. The Bertz CT molecular complexity index is 239. The van der Waals surface area contributed by atoms with Gasteiger partial charge >= 0.3 is 0 Å². The summed E-state index contributed by atoms with van der Waals surface area (Å²) in [4.78, 5) is 4.59. The van der Waals surface area contributed by atoms with E-state index in [0.717, 1.165) is 5.69 Å². The standard InChI is InChI=1S/C8H10BrNS/c1-6(7(2)9)3-8-4-11-5-10-8/h3-5,7H,1-2H3/b6-3+. The van der Waals surface area contributed by atoms with E-state index < -0.39 is 0 Å². The van der Waals surface area contributed by atoms with Crippen molar-refractivity contribution in [2.24, 2.45) is 0 Å². The Labute approximate surface area is 79.3 Å². The number of alkyl halides is 1. The van der Waals surface area contributed by atoms with Crippen molar-refractivity contribution < 1.29 is 0 Å². The van der Waals surface area contributed by atoms with Crippen LogP contribution < -0.4 is 0 Å². The third-order valence-electron chi connectivity index (χ3n) is 1.45. The van der Waals surface area contributed by atoms with Crippen molar-refractivity contribution in [3.05, 3.63) is 22.2 Å². The minimum absolute atomic E-state index is 0.434. The SMILES string of the molecule is C/C(=C\c1cscn1)C(C)Br. The quantitative estimate of drug-likeness (QED) is 0.712. The van der Waals surface area contributed by atoms with E-state index in [1.807, 2.05) is 10.9 Å². The average molecular weight is 232 g/mol. The van der Waals surface area contributed by atoms with Gasteiger partial charge in [-0.15, -0.1) is 11.3 Å². The molecule has 0 aliphatic rings. The number of aromatic nitrogens is 1. The molecule has 1 unspecified atom stereocenters. The van der Waals surface area contributed by atoms with E-state index >= 15 is 0 Å². The summed E-state index contributed by atoms with van der Waals surface area (Å²) in [5.41, 5.74) is 4.20. The monoisotopic (exact) mass is 231 g/mol. The molecule has 0 saturated carbocycles. The summed E-state index contributed by atoms with van der Waals surface area (Å²) in [6, 6.07) is 0.